The molecule has 0 bridgehead atoms. The number of nitrogens with one attached hydrogen (secondary N) is 4. The van der Waals surface area contributed by atoms with Crippen LogP contribution in [0.3, 0.4) is 0 Å². The third-order valence-corrected chi connectivity index (χ3v) is 3.91. The zero-order valence-corrected chi connectivity index (χ0v) is 16.1. The number of imidazole rings is 1. The first-order valence-corrected chi connectivity index (χ1v) is 8.81. The van der Waals surface area contributed by atoms with Crippen LogP contribution in [0.5, 0.6) is 0 Å². The molecule has 1 aromatic heterocycles. The number of carboxylic acids is 1. The van der Waals surface area contributed by atoms with Crippen LogP contribution < -0.4 is 27.4 Å². The number of carbonyl (C=O) groups excluding carboxylic acids is 4. The number of rotatable bonds is 12. The molecule has 0 aromatic carbocycles. The topological polar surface area (TPSA) is 243 Å². The lowest BCUT2D eigenvalue weighted by atomic mass is 10.1. The number of carboxylic acid groups (broad SMARTS) is 1. The fourth-order valence-corrected chi connectivity index (χ4v) is 2.26. The van der Waals surface area contributed by atoms with E-state index in [0.29, 0.717) is 5.69 Å². The zero-order chi connectivity index (χ0) is 22.8. The second-order valence-electron chi connectivity index (χ2n) is 6.43. The van der Waals surface area contributed by atoms with Gasteiger partial charge in [0.2, 0.25) is 23.6 Å². The molecule has 0 spiro atoms. The molecule has 0 saturated heterocycles. The number of amides is 4. The van der Waals surface area contributed by atoms with Crippen LogP contribution in [0, 0.1) is 0 Å². The molecule has 0 radical (unpaired) electrons. The molecule has 1 heterocycles. The number of carbonyl (C=O) groups is 5. The van der Waals surface area contributed by atoms with Gasteiger partial charge in [0.15, 0.2) is 0 Å². The molecule has 4 unspecified atom stereocenters. The number of hydrogen-bond donors (Lipinski definition) is 8. The fourth-order valence-electron chi connectivity index (χ4n) is 2.26. The van der Waals surface area contributed by atoms with Crippen molar-refractivity contribution in [2.24, 2.45) is 11.5 Å². The van der Waals surface area contributed by atoms with E-state index < -0.39 is 66.8 Å². The van der Waals surface area contributed by atoms with E-state index in [1.165, 1.54) is 19.4 Å². The van der Waals surface area contributed by atoms with Gasteiger partial charge in [-0.3, -0.25) is 24.0 Å². The first-order valence-electron chi connectivity index (χ1n) is 8.81. The minimum atomic E-state index is -1.51. The fraction of sp³-hybridized carbons (Fsp3) is 0.500. The monoisotopic (exact) mass is 427 g/mol. The summed E-state index contributed by atoms with van der Waals surface area (Å²) >= 11 is 0. The predicted octanol–water partition coefficient (Wildman–Crippen LogP) is -4.29. The van der Waals surface area contributed by atoms with Gasteiger partial charge in [0.25, 0.3) is 0 Å². The van der Waals surface area contributed by atoms with Crippen LogP contribution in [0.2, 0.25) is 0 Å². The van der Waals surface area contributed by atoms with E-state index in [1.54, 1.807) is 0 Å². The molecular weight excluding hydrogens is 402 g/mol. The molecule has 14 nitrogen and oxygen atoms in total. The van der Waals surface area contributed by atoms with Gasteiger partial charge in [-0.1, -0.05) is 0 Å². The van der Waals surface area contributed by atoms with E-state index in [1.807, 2.05) is 0 Å². The Kier molecular flexibility index (Phi) is 9.38. The molecule has 0 fully saturated rings. The van der Waals surface area contributed by atoms with Gasteiger partial charge in [-0.05, 0) is 6.92 Å². The minimum absolute atomic E-state index is 0.0887. The average Bonchev–Trinajstić information content (AvgIpc) is 3.17. The maximum atomic E-state index is 12.4. The summed E-state index contributed by atoms with van der Waals surface area (Å²) in [5.74, 6) is -5.00. The average molecular weight is 427 g/mol. The molecular formula is C16H25N7O7. The molecule has 1 rings (SSSR count). The summed E-state index contributed by atoms with van der Waals surface area (Å²) in [6, 6.07) is -5.35. The van der Waals surface area contributed by atoms with Crippen molar-refractivity contribution in [1.82, 2.24) is 25.9 Å². The Morgan fingerprint density at radius 2 is 1.70 bits per heavy atom. The van der Waals surface area contributed by atoms with Crippen molar-refractivity contribution in [2.45, 2.75) is 43.9 Å². The number of aliphatic carboxylic acids is 1. The highest BCUT2D eigenvalue weighted by Gasteiger charge is 2.30. The van der Waals surface area contributed by atoms with Gasteiger partial charge in [0, 0.05) is 18.3 Å². The second kappa shape index (κ2) is 11.5. The lowest BCUT2D eigenvalue weighted by Crippen LogP contribution is -2.58. The lowest BCUT2D eigenvalue weighted by Gasteiger charge is -2.23. The summed E-state index contributed by atoms with van der Waals surface area (Å²) in [6.07, 6.45) is 2.33. The lowest BCUT2D eigenvalue weighted by molar-refractivity contribution is -0.142. The first-order chi connectivity index (χ1) is 14.0. The van der Waals surface area contributed by atoms with Gasteiger partial charge in [0.1, 0.15) is 18.1 Å². The molecule has 30 heavy (non-hydrogen) atoms. The maximum absolute atomic E-state index is 12.4. The Morgan fingerprint density at radius 3 is 2.20 bits per heavy atom. The third-order valence-electron chi connectivity index (χ3n) is 3.91. The van der Waals surface area contributed by atoms with Crippen LogP contribution in [-0.2, 0) is 30.4 Å². The van der Waals surface area contributed by atoms with Crippen LogP contribution in [0.4, 0.5) is 0 Å². The normalized spacial score (nSPS) is 14.6. The Morgan fingerprint density at radius 1 is 1.10 bits per heavy atom. The van der Waals surface area contributed by atoms with Gasteiger partial charge >= 0.3 is 5.97 Å². The second-order valence-corrected chi connectivity index (χ2v) is 6.43. The van der Waals surface area contributed by atoms with Crippen molar-refractivity contribution in [3.05, 3.63) is 18.2 Å². The Hall–Kier alpha value is -3.52. The van der Waals surface area contributed by atoms with Gasteiger partial charge in [0.05, 0.1) is 25.4 Å². The van der Waals surface area contributed by atoms with Crippen molar-refractivity contribution in [2.75, 3.05) is 6.61 Å². The third kappa shape index (κ3) is 7.84. The van der Waals surface area contributed by atoms with Crippen LogP contribution in [0.15, 0.2) is 12.5 Å². The highest BCUT2D eigenvalue weighted by Crippen LogP contribution is 1.99. The zero-order valence-electron chi connectivity index (χ0n) is 16.1. The number of aliphatic hydroxyl groups is 1. The largest absolute Gasteiger partial charge is 0.480 e. The summed E-state index contributed by atoms with van der Waals surface area (Å²) in [7, 11) is 0. The summed E-state index contributed by atoms with van der Waals surface area (Å²) in [5.41, 5.74) is 11.4. The molecule has 1 aromatic rings. The van der Waals surface area contributed by atoms with E-state index in [-0.39, 0.29) is 6.42 Å². The Bertz CT molecular complexity index is 768. The molecule has 14 heteroatoms. The summed E-state index contributed by atoms with van der Waals surface area (Å²) < 4.78 is 0. The van der Waals surface area contributed by atoms with E-state index in [4.69, 9.17) is 16.6 Å². The van der Waals surface area contributed by atoms with E-state index in [2.05, 4.69) is 25.9 Å². The molecule has 4 amide bonds. The van der Waals surface area contributed by atoms with Crippen molar-refractivity contribution >= 4 is 29.6 Å². The smallest absolute Gasteiger partial charge is 0.325 e. The van der Waals surface area contributed by atoms with Gasteiger partial charge in [-0.2, -0.15) is 0 Å². The Labute approximate surface area is 170 Å². The standard InChI is InChI=1S/C16H25N7O7/c1-7(16(29)30)21-14(27)10(3-12(18)25)22-15(28)11(5-24)23-13(26)9(17)2-8-4-19-6-20-8/h4,6-7,9-11,24H,2-3,5,17H2,1H3,(H2,18,25)(H,19,20)(H,21,27)(H,22,28)(H,23,26)(H,29,30). The number of hydrogen-bond acceptors (Lipinski definition) is 8. The molecule has 0 aliphatic heterocycles. The van der Waals surface area contributed by atoms with E-state index in [0.717, 1.165) is 0 Å². The highest BCUT2D eigenvalue weighted by molar-refractivity contribution is 5.96. The van der Waals surface area contributed by atoms with Crippen molar-refractivity contribution < 1.29 is 34.2 Å². The first kappa shape index (κ1) is 24.5. The molecule has 166 valence electrons. The summed E-state index contributed by atoms with van der Waals surface area (Å²) in [6.45, 7) is 0.353. The number of aromatic amines is 1. The van der Waals surface area contributed by atoms with Crippen LogP contribution in [0.25, 0.3) is 0 Å². The molecule has 0 aliphatic carbocycles. The number of aliphatic hydroxyl groups excluding tert-OH is 1. The molecule has 4 atom stereocenters. The van der Waals surface area contributed by atoms with E-state index in [9.17, 15) is 29.1 Å². The number of primary amides is 1. The van der Waals surface area contributed by atoms with E-state index >= 15 is 0 Å². The Balaban J connectivity index is 2.76. The van der Waals surface area contributed by atoms with Gasteiger partial charge < -0.3 is 42.6 Å². The predicted molar refractivity (Wildman–Crippen MR) is 100 cm³/mol. The summed E-state index contributed by atoms with van der Waals surface area (Å²) in [5, 5.41) is 24.8. The van der Waals surface area contributed by atoms with Crippen molar-refractivity contribution in [3.63, 3.8) is 0 Å². The van der Waals surface area contributed by atoms with Crippen LogP contribution in [0.1, 0.15) is 19.0 Å². The minimum Gasteiger partial charge on any atom is -0.480 e. The number of nitrogens with two attached hydrogens (primary N) is 2. The highest BCUT2D eigenvalue weighted by atomic mass is 16.4. The van der Waals surface area contributed by atoms with Gasteiger partial charge in [-0.25, -0.2) is 4.98 Å². The molecule has 10 N–H and O–H groups in total. The van der Waals surface area contributed by atoms with Crippen molar-refractivity contribution in [3.8, 4) is 0 Å². The number of nitrogens with zero attached hydrogens (tertiary/aromatic N) is 1. The SMILES string of the molecule is CC(NC(=O)C(CC(N)=O)NC(=O)C(CO)NC(=O)C(N)Cc1cnc[nH]1)C(=O)O. The number of H-pyrrole nitrogens is 1. The quantitative estimate of drug-likeness (QED) is 0.161. The molecule has 0 aliphatic rings. The van der Waals surface area contributed by atoms with Crippen molar-refractivity contribution in [1.29, 1.82) is 0 Å². The molecule has 0 saturated carbocycles. The van der Waals surface area contributed by atoms with Gasteiger partial charge in [-0.15, -0.1) is 0 Å². The number of aromatic nitrogens is 2. The van der Waals surface area contributed by atoms with Crippen LogP contribution in [-0.4, -0.2) is 80.6 Å². The van der Waals surface area contributed by atoms with Crippen LogP contribution >= 0.6 is 0 Å². The summed E-state index contributed by atoms with van der Waals surface area (Å²) in [4.78, 5) is 65.3. The maximum Gasteiger partial charge on any atom is 0.325 e.